The van der Waals surface area contributed by atoms with Crippen LogP contribution in [0.15, 0.2) is 22.9 Å². The van der Waals surface area contributed by atoms with E-state index < -0.39 is 7.82 Å². The molecule has 8 heteroatoms. The van der Waals surface area contributed by atoms with Crippen LogP contribution in [0.1, 0.15) is 0 Å². The van der Waals surface area contributed by atoms with E-state index in [2.05, 4.69) is 0 Å². The normalized spacial score (nSPS) is 8.25. The van der Waals surface area contributed by atoms with Crippen molar-refractivity contribution in [3.63, 3.8) is 0 Å². The molecule has 1 aromatic rings. The van der Waals surface area contributed by atoms with Crippen molar-refractivity contribution in [2.24, 2.45) is 0 Å². The summed E-state index contributed by atoms with van der Waals surface area (Å²) < 4.78 is 8.88. The Balaban J connectivity index is -0.000000116. The second kappa shape index (κ2) is 10.1. The molecule has 0 aromatic carbocycles. The number of phosphoric acid groups is 1. The fourth-order valence-electron chi connectivity index (χ4n) is 0.227. The molecule has 1 radical (unpaired) electrons. The van der Waals surface area contributed by atoms with Crippen molar-refractivity contribution in [2.75, 3.05) is 0 Å². The molecule has 0 spiro atoms. The Labute approximate surface area is 98.3 Å². The van der Waals surface area contributed by atoms with E-state index in [4.69, 9.17) is 19.2 Å². The largest absolute Gasteiger partial charge is 0.152 e. The smallest absolute Gasteiger partial charge is 0 e. The minimum absolute atomic E-state index is 0. The van der Waals surface area contributed by atoms with Gasteiger partial charge in [-0.25, -0.2) is 4.57 Å². The Morgan fingerprint density at radius 3 is 1.42 bits per heavy atom. The summed E-state index contributed by atoms with van der Waals surface area (Å²) in [7, 11) is -4.64. The number of rotatable bonds is 0. The molecule has 0 atom stereocenters. The molecule has 0 bridgehead atoms. The zero-order valence-electron chi connectivity index (χ0n) is 5.36. The first-order valence-electron chi connectivity index (χ1n) is 2.25. The molecule has 0 aliphatic carbocycles. The number of hydrogen-bond donors (Lipinski definition) is 3. The second-order valence-corrected chi connectivity index (χ2v) is 3.15. The van der Waals surface area contributed by atoms with E-state index in [1.807, 2.05) is 22.9 Å². The zero-order valence-corrected chi connectivity index (χ0v) is 8.47. The summed E-state index contributed by atoms with van der Waals surface area (Å²) in [4.78, 5) is 21.6. The first-order chi connectivity index (χ1) is 4.50. The van der Waals surface area contributed by atoms with Gasteiger partial charge in [0.05, 0.1) is 0 Å². The maximum Gasteiger partial charge on any atom is 0 e. The Morgan fingerprint density at radius 1 is 1.08 bits per heavy atom. The summed E-state index contributed by atoms with van der Waals surface area (Å²) >= 11 is 1.71. The molecule has 0 amide bonds. The Bertz CT molecular complexity index is 175. The third kappa shape index (κ3) is 30.6. The molecule has 1 rings (SSSR count). The summed E-state index contributed by atoms with van der Waals surface area (Å²) in [5.41, 5.74) is 0. The van der Waals surface area contributed by atoms with Crippen LogP contribution >= 0.6 is 19.2 Å². The van der Waals surface area contributed by atoms with Crippen molar-refractivity contribution in [1.29, 1.82) is 0 Å². The maximum absolute atomic E-state index is 8.88. The molecule has 4 nitrogen and oxygen atoms in total. The quantitative estimate of drug-likeness (QED) is 0.447. The van der Waals surface area contributed by atoms with Crippen molar-refractivity contribution in [2.45, 2.75) is 0 Å². The van der Waals surface area contributed by atoms with Crippen LogP contribution in [0.3, 0.4) is 0 Å². The molecular formula is C4H8LiO4PSV. The van der Waals surface area contributed by atoms with Crippen molar-refractivity contribution in [3.8, 4) is 0 Å². The minimum atomic E-state index is -4.64. The van der Waals surface area contributed by atoms with Crippen molar-refractivity contribution in [1.82, 2.24) is 0 Å². The van der Waals surface area contributed by atoms with Gasteiger partial charge in [0.15, 0.2) is 0 Å². The maximum atomic E-state index is 8.88. The first kappa shape index (κ1) is 18.7. The van der Waals surface area contributed by atoms with Crippen LogP contribution in [0.4, 0.5) is 0 Å². The van der Waals surface area contributed by atoms with Crippen molar-refractivity contribution >= 4 is 38.0 Å². The van der Waals surface area contributed by atoms with Crippen molar-refractivity contribution in [3.05, 3.63) is 22.9 Å². The second-order valence-electron chi connectivity index (χ2n) is 1.31. The van der Waals surface area contributed by atoms with Gasteiger partial charge in [0, 0.05) is 18.6 Å². The molecule has 1 aromatic heterocycles. The van der Waals surface area contributed by atoms with E-state index in [0.717, 1.165) is 0 Å². The monoisotopic (exact) mass is 241 g/mol. The third-order valence-corrected chi connectivity index (χ3v) is 1.05. The Kier molecular flexibility index (Phi) is 15.7. The van der Waals surface area contributed by atoms with Crippen LogP contribution in [0.5, 0.6) is 0 Å². The molecule has 0 aliphatic heterocycles. The molecule has 0 saturated carbocycles. The van der Waals surface area contributed by atoms with Crippen LogP contribution in [-0.4, -0.2) is 33.5 Å². The molecule has 12 heavy (non-hydrogen) atoms. The first-order valence-corrected chi connectivity index (χ1v) is 4.76. The molecule has 0 aliphatic rings. The standard InChI is InChI=1S/C4H4S.Li.H3O4P.V.H/c1-2-4-5-3-1;;1-5(2,3)4;;/h1-4H;;(H3,1,2,3,4);;. The van der Waals surface area contributed by atoms with Gasteiger partial charge in [0.2, 0.25) is 0 Å². The third-order valence-electron chi connectivity index (χ3n) is 0.425. The van der Waals surface area contributed by atoms with E-state index in [1.165, 1.54) is 0 Å². The summed E-state index contributed by atoms with van der Waals surface area (Å²) in [5, 5.41) is 4.08. The van der Waals surface area contributed by atoms with E-state index >= 15 is 0 Å². The average Bonchev–Trinajstić information content (AvgIpc) is 2.07. The van der Waals surface area contributed by atoms with Crippen molar-refractivity contribution < 1.29 is 37.8 Å². The summed E-state index contributed by atoms with van der Waals surface area (Å²) in [6.07, 6.45) is 0. The number of thiophene rings is 1. The van der Waals surface area contributed by atoms with Gasteiger partial charge in [0.25, 0.3) is 0 Å². The van der Waals surface area contributed by atoms with Gasteiger partial charge in [-0.05, 0) is 10.8 Å². The van der Waals surface area contributed by atoms with Gasteiger partial charge in [0.1, 0.15) is 0 Å². The fraction of sp³-hybridized carbons (Fsp3) is 0. The average molecular weight is 241 g/mol. The Morgan fingerprint density at radius 2 is 1.33 bits per heavy atom. The van der Waals surface area contributed by atoms with Crippen LogP contribution < -0.4 is 0 Å². The summed E-state index contributed by atoms with van der Waals surface area (Å²) in [6.45, 7) is 0. The molecule has 0 saturated heterocycles. The molecular weight excluding hydrogens is 233 g/mol. The van der Waals surface area contributed by atoms with E-state index in [9.17, 15) is 0 Å². The van der Waals surface area contributed by atoms with Crippen LogP contribution in [0, 0.1) is 0 Å². The minimum Gasteiger partial charge on any atom is -0.152 e. The summed E-state index contributed by atoms with van der Waals surface area (Å²) in [6, 6.07) is 4.04. The van der Waals surface area contributed by atoms with E-state index in [-0.39, 0.29) is 37.4 Å². The predicted octanol–water partition coefficient (Wildman–Crippen LogP) is 0.168. The number of hydrogen-bond acceptors (Lipinski definition) is 2. The molecule has 65 valence electrons. The van der Waals surface area contributed by atoms with E-state index in [0.29, 0.717) is 0 Å². The summed E-state index contributed by atoms with van der Waals surface area (Å²) in [5.74, 6) is 0. The Hall–Kier alpha value is 0.992. The van der Waals surface area contributed by atoms with Gasteiger partial charge in [-0.2, -0.15) is 11.3 Å². The molecule has 1 heterocycles. The van der Waals surface area contributed by atoms with Gasteiger partial charge in [-0.1, -0.05) is 12.1 Å². The van der Waals surface area contributed by atoms with Gasteiger partial charge in [-0.15, -0.1) is 0 Å². The topological polar surface area (TPSA) is 77.8 Å². The van der Waals surface area contributed by atoms with Crippen LogP contribution in [0.2, 0.25) is 0 Å². The van der Waals surface area contributed by atoms with E-state index in [1.54, 1.807) is 11.3 Å². The predicted molar refractivity (Wildman–Crippen MR) is 45.7 cm³/mol. The van der Waals surface area contributed by atoms with Crippen LogP contribution in [-0.2, 0) is 23.1 Å². The zero-order chi connectivity index (χ0) is 8.04. The van der Waals surface area contributed by atoms with Gasteiger partial charge in [-0.3, -0.25) is 0 Å². The van der Waals surface area contributed by atoms with Gasteiger partial charge >= 0.3 is 26.7 Å². The van der Waals surface area contributed by atoms with Crippen LogP contribution in [0.25, 0.3) is 0 Å². The fourth-order valence-corrected chi connectivity index (χ4v) is 0.680. The van der Waals surface area contributed by atoms with Gasteiger partial charge < -0.3 is 14.7 Å². The SMILES string of the molecule is O=P(O)(O)O.[LiH].[V].c1ccsc1. The molecule has 3 N–H and O–H groups in total. The molecule has 0 fully saturated rings. The molecule has 0 unspecified atom stereocenters.